The molecule has 0 fully saturated rings. The lowest BCUT2D eigenvalue weighted by molar-refractivity contribution is -0.674. The van der Waals surface area contributed by atoms with Crippen molar-refractivity contribution in [1.82, 2.24) is 19.8 Å². The van der Waals surface area contributed by atoms with Crippen molar-refractivity contribution in [3.8, 4) is 0 Å². The molecule has 7 heteroatoms. The Balaban J connectivity index is 1.50. The molecule has 0 saturated carbocycles. The summed E-state index contributed by atoms with van der Waals surface area (Å²) in [5, 5.41) is 6.57. The van der Waals surface area contributed by atoms with Crippen LogP contribution in [0.4, 0.5) is 0 Å². The summed E-state index contributed by atoms with van der Waals surface area (Å²) in [7, 11) is 3.85. The van der Waals surface area contributed by atoms with E-state index in [1.54, 1.807) is 0 Å². The number of nitrogens with zero attached hydrogens (tertiary/aromatic N) is 4. The Morgan fingerprint density at radius 2 is 1.19 bits per heavy atom. The van der Waals surface area contributed by atoms with Gasteiger partial charge in [0.15, 0.2) is 11.8 Å². The van der Waals surface area contributed by atoms with Gasteiger partial charge in [-0.25, -0.2) is 0 Å². The number of imidazole rings is 2. The van der Waals surface area contributed by atoms with Crippen molar-refractivity contribution in [2.24, 2.45) is 14.1 Å². The summed E-state index contributed by atoms with van der Waals surface area (Å²) in [6.45, 7) is 0. The molecule has 0 spiro atoms. The van der Waals surface area contributed by atoms with E-state index in [4.69, 9.17) is 4.74 Å². The van der Waals surface area contributed by atoms with Gasteiger partial charge < -0.3 is 33.6 Å². The fraction of sp³-hybridized carbons (Fsp3) is 0.100. The van der Waals surface area contributed by atoms with E-state index in [-0.39, 0.29) is 0 Å². The normalized spacial score (nSPS) is 16.2. The van der Waals surface area contributed by atoms with Gasteiger partial charge in [-0.1, -0.05) is 24.3 Å². The van der Waals surface area contributed by atoms with Gasteiger partial charge in [-0.15, -0.1) is 0 Å². The quantitative estimate of drug-likeness (QED) is 0.628. The van der Waals surface area contributed by atoms with Crippen molar-refractivity contribution in [3.05, 3.63) is 97.8 Å². The third-order valence-corrected chi connectivity index (χ3v) is 3.88. The van der Waals surface area contributed by atoms with E-state index in [0.29, 0.717) is 11.8 Å². The molecule has 4 heterocycles. The van der Waals surface area contributed by atoms with Gasteiger partial charge in [0.05, 0.1) is 14.1 Å². The van der Waals surface area contributed by atoms with Crippen molar-refractivity contribution >= 4 is 11.6 Å². The van der Waals surface area contributed by atoms with Crippen LogP contribution >= 0.6 is 0 Å². The highest BCUT2D eigenvalue weighted by molar-refractivity contribution is 5.51. The minimum Gasteiger partial charge on any atom is -0.426 e. The Morgan fingerprint density at radius 1 is 0.741 bits per heavy atom. The maximum atomic E-state index is 6.06. The smallest absolute Gasteiger partial charge is 0.244 e. The number of ether oxygens (including phenoxy) is 1. The number of aryl methyl sites for hydroxylation is 2. The summed E-state index contributed by atoms with van der Waals surface area (Å²) in [6, 6.07) is 0. The van der Waals surface area contributed by atoms with E-state index in [2.05, 4.69) is 23.3 Å². The second-order valence-electron chi connectivity index (χ2n) is 6.05. The lowest BCUT2D eigenvalue weighted by Gasteiger charge is -2.19. The summed E-state index contributed by atoms with van der Waals surface area (Å²) >= 11 is 0. The zero-order chi connectivity index (χ0) is 18.6. The van der Waals surface area contributed by atoms with E-state index in [0.717, 1.165) is 11.6 Å². The molecular formula is C20H20N6O. The maximum Gasteiger partial charge on any atom is 0.244 e. The average molecular weight is 360 g/mol. The highest BCUT2D eigenvalue weighted by atomic mass is 16.5. The monoisotopic (exact) mass is 360 g/mol. The third kappa shape index (κ3) is 3.92. The summed E-state index contributed by atoms with van der Waals surface area (Å²) in [6.07, 6.45) is 29.4. The summed E-state index contributed by atoms with van der Waals surface area (Å²) in [5.41, 5.74) is 0. The fourth-order valence-electron chi connectivity index (χ4n) is 2.59. The first kappa shape index (κ1) is 16.7. The maximum absolute atomic E-state index is 6.06. The van der Waals surface area contributed by atoms with Gasteiger partial charge in [-0.3, -0.25) is 0 Å². The molecule has 27 heavy (non-hydrogen) atoms. The van der Waals surface area contributed by atoms with Crippen LogP contribution in [0.15, 0.2) is 85.2 Å². The molecule has 0 unspecified atom stereocenters. The van der Waals surface area contributed by atoms with Gasteiger partial charge in [0.2, 0.25) is 12.7 Å². The molecule has 2 aromatic rings. The summed E-state index contributed by atoms with van der Waals surface area (Å²) in [5.74, 6) is 2.86. The van der Waals surface area contributed by atoms with E-state index in [1.165, 1.54) is 0 Å². The topological polar surface area (TPSA) is 50.9 Å². The molecule has 4 rings (SSSR count). The second kappa shape index (κ2) is 7.25. The first-order chi connectivity index (χ1) is 13.2. The summed E-state index contributed by atoms with van der Waals surface area (Å²) < 4.78 is 13.5. The largest absolute Gasteiger partial charge is 0.426 e. The van der Waals surface area contributed by atoms with E-state index < -0.39 is 0 Å². The Labute approximate surface area is 157 Å². The van der Waals surface area contributed by atoms with Crippen LogP contribution < -0.4 is 19.8 Å². The molecule has 2 aliphatic rings. The molecule has 2 N–H and O–H groups in total. The van der Waals surface area contributed by atoms with Gasteiger partial charge in [-0.2, -0.15) is 0 Å². The van der Waals surface area contributed by atoms with Gasteiger partial charge in [0.1, 0.15) is 11.6 Å². The predicted octanol–water partition coefficient (Wildman–Crippen LogP) is 0.854. The van der Waals surface area contributed by atoms with Crippen molar-refractivity contribution in [2.75, 3.05) is 0 Å². The average Bonchev–Trinajstić information content (AvgIpc) is 3.11. The molecule has 0 bridgehead atoms. The number of hydrogen-bond donors (Lipinski definition) is 2. The Bertz CT molecular complexity index is 946. The Hall–Kier alpha value is -3.74. The minimum absolute atomic E-state index is 0.593. The predicted molar refractivity (Wildman–Crippen MR) is 99.2 cm³/mol. The number of hydrogen-bond acceptors (Lipinski definition) is 3. The molecule has 2 aliphatic heterocycles. The van der Waals surface area contributed by atoms with Crippen molar-refractivity contribution in [2.45, 2.75) is 0 Å². The highest BCUT2D eigenvalue weighted by Crippen LogP contribution is 2.14. The zero-order valence-corrected chi connectivity index (χ0v) is 15.1. The van der Waals surface area contributed by atoms with Gasteiger partial charge in [-0.05, 0) is 24.3 Å². The number of nitrogens with one attached hydrogen (secondary N) is 2. The Kier molecular flexibility index (Phi) is 4.49. The lowest BCUT2D eigenvalue weighted by Crippen LogP contribution is -2.27. The molecule has 136 valence electrons. The van der Waals surface area contributed by atoms with E-state index >= 15 is 0 Å². The fourth-order valence-corrected chi connectivity index (χ4v) is 2.59. The van der Waals surface area contributed by atoms with Crippen LogP contribution in [-0.4, -0.2) is 9.13 Å². The van der Waals surface area contributed by atoms with Crippen LogP contribution in [0.3, 0.4) is 0 Å². The van der Waals surface area contributed by atoms with E-state index in [9.17, 15) is 0 Å². The molecule has 0 aromatic carbocycles. The lowest BCUT2D eigenvalue weighted by atomic mass is 10.4. The van der Waals surface area contributed by atoms with Gasteiger partial charge in [0, 0.05) is 24.8 Å². The molecular weight excluding hydrogens is 340 g/mol. The van der Waals surface area contributed by atoms with Gasteiger partial charge in [0.25, 0.3) is 0 Å². The number of allylic oxidation sites excluding steroid dienone is 8. The van der Waals surface area contributed by atoms with Crippen LogP contribution in [0, 0.1) is 12.7 Å². The molecule has 7 nitrogen and oxygen atoms in total. The molecule has 0 aliphatic carbocycles. The molecule has 0 radical (unpaired) electrons. The summed E-state index contributed by atoms with van der Waals surface area (Å²) in [4.78, 5) is 0. The SMILES string of the molecule is C[n+]1[c-]n(C2=CC=CC=C(OC3=CC=CC=C(n4[c-][n+](C)cc4)N3)N2)cc1. The van der Waals surface area contributed by atoms with Crippen LogP contribution in [0.5, 0.6) is 0 Å². The van der Waals surface area contributed by atoms with E-state index in [1.807, 2.05) is 106 Å². The Morgan fingerprint density at radius 3 is 1.59 bits per heavy atom. The standard InChI is InChI=1S/C20H20N6O/c1-23-11-13-25(15-23)17-7-3-5-9-19(21-17)27-20-10-6-4-8-18(22-20)26-14-12-24(2)16-26/h3-14,21-22H,1-2H3. The van der Waals surface area contributed by atoms with Crippen LogP contribution in [0.25, 0.3) is 11.6 Å². The second-order valence-corrected chi connectivity index (χ2v) is 6.05. The highest BCUT2D eigenvalue weighted by Gasteiger charge is 2.11. The van der Waals surface area contributed by atoms with Crippen LogP contribution in [-0.2, 0) is 18.8 Å². The zero-order valence-electron chi connectivity index (χ0n) is 15.1. The number of aromatic nitrogens is 4. The first-order valence-electron chi connectivity index (χ1n) is 8.50. The first-order valence-corrected chi connectivity index (χ1v) is 8.50. The third-order valence-electron chi connectivity index (χ3n) is 3.88. The number of rotatable bonds is 4. The molecule has 0 amide bonds. The van der Waals surface area contributed by atoms with Crippen molar-refractivity contribution < 1.29 is 13.9 Å². The molecule has 2 aromatic heterocycles. The van der Waals surface area contributed by atoms with Crippen LogP contribution in [0.1, 0.15) is 0 Å². The van der Waals surface area contributed by atoms with Crippen LogP contribution in [0.2, 0.25) is 0 Å². The van der Waals surface area contributed by atoms with Gasteiger partial charge >= 0.3 is 0 Å². The van der Waals surface area contributed by atoms with Crippen molar-refractivity contribution in [3.63, 3.8) is 0 Å². The van der Waals surface area contributed by atoms with Crippen molar-refractivity contribution in [1.29, 1.82) is 0 Å². The molecule has 0 saturated heterocycles. The molecule has 0 atom stereocenters. The minimum atomic E-state index is 0.593.